The number of hydrogen-bond donors (Lipinski definition) is 2. The number of rotatable bonds is 5. The summed E-state index contributed by atoms with van der Waals surface area (Å²) in [4.78, 5) is 4.12. The Morgan fingerprint density at radius 3 is 2.70 bits per heavy atom. The van der Waals surface area contributed by atoms with E-state index in [0.29, 0.717) is 5.11 Å². The second kappa shape index (κ2) is 8.01. The zero-order valence-corrected chi connectivity index (χ0v) is 11.8. The van der Waals surface area contributed by atoms with E-state index in [1.54, 1.807) is 12.4 Å². The molecule has 0 fully saturated rings. The summed E-state index contributed by atoms with van der Waals surface area (Å²) in [5.41, 5.74) is 4.83. The van der Waals surface area contributed by atoms with Crippen LogP contribution in [0.5, 0.6) is 0 Å². The average Bonchev–Trinajstić information content (AvgIpc) is 2.49. The highest BCUT2D eigenvalue weighted by Gasteiger charge is 1.94. The van der Waals surface area contributed by atoms with E-state index >= 15 is 0 Å². The zero-order valence-electron chi connectivity index (χ0n) is 11.0. The van der Waals surface area contributed by atoms with Crippen LogP contribution in [0.4, 0.5) is 0 Å². The lowest BCUT2D eigenvalue weighted by Gasteiger charge is -2.06. The smallest absolute Gasteiger partial charge is 0.186 e. The van der Waals surface area contributed by atoms with Crippen LogP contribution in [0.1, 0.15) is 11.3 Å². The van der Waals surface area contributed by atoms with Gasteiger partial charge in [-0.25, -0.2) is 0 Å². The van der Waals surface area contributed by atoms with Crippen molar-refractivity contribution in [1.29, 1.82) is 0 Å². The zero-order chi connectivity index (χ0) is 14.0. The summed E-state index contributed by atoms with van der Waals surface area (Å²) in [5, 5.41) is 7.64. The van der Waals surface area contributed by atoms with Gasteiger partial charge >= 0.3 is 0 Å². The quantitative estimate of drug-likeness (QED) is 0.502. The van der Waals surface area contributed by atoms with Crippen molar-refractivity contribution in [3.8, 4) is 0 Å². The largest absolute Gasteiger partial charge is 0.361 e. The standard InChI is InChI=1S/C15H16N4S/c20-15(17-11-9-13-6-2-1-3-7-13)19-18-12-14-8-4-5-10-16-14/h1-8,10,12H,9,11H2,(H2,17,19,20)/b18-12+. The van der Waals surface area contributed by atoms with Crippen LogP contribution in [0.15, 0.2) is 59.8 Å². The Balaban J connectivity index is 1.67. The lowest BCUT2D eigenvalue weighted by molar-refractivity contribution is 0.838. The van der Waals surface area contributed by atoms with E-state index in [4.69, 9.17) is 12.2 Å². The molecule has 2 N–H and O–H groups in total. The maximum atomic E-state index is 5.13. The second-order valence-electron chi connectivity index (χ2n) is 4.12. The first kappa shape index (κ1) is 14.1. The SMILES string of the molecule is S=C(NCCc1ccccc1)N/N=C/c1ccccn1. The van der Waals surface area contributed by atoms with Gasteiger partial charge < -0.3 is 5.32 Å². The molecule has 1 aromatic carbocycles. The normalized spacial score (nSPS) is 10.4. The maximum absolute atomic E-state index is 5.13. The van der Waals surface area contributed by atoms with E-state index in [0.717, 1.165) is 18.7 Å². The Morgan fingerprint density at radius 2 is 1.95 bits per heavy atom. The van der Waals surface area contributed by atoms with E-state index in [1.165, 1.54) is 5.56 Å². The second-order valence-corrected chi connectivity index (χ2v) is 4.52. The van der Waals surface area contributed by atoms with Crippen LogP contribution in [0.3, 0.4) is 0 Å². The minimum Gasteiger partial charge on any atom is -0.361 e. The minimum absolute atomic E-state index is 0.508. The first-order valence-corrected chi connectivity index (χ1v) is 6.77. The molecular formula is C15H16N4S. The number of hydrogen-bond acceptors (Lipinski definition) is 3. The topological polar surface area (TPSA) is 49.3 Å². The third-order valence-corrected chi connectivity index (χ3v) is 2.83. The summed E-state index contributed by atoms with van der Waals surface area (Å²) in [6, 6.07) is 15.9. The van der Waals surface area contributed by atoms with Gasteiger partial charge in [0.1, 0.15) is 0 Å². The van der Waals surface area contributed by atoms with Crippen LogP contribution in [0.2, 0.25) is 0 Å². The number of nitrogens with zero attached hydrogens (tertiary/aromatic N) is 2. The van der Waals surface area contributed by atoms with Gasteiger partial charge in [0.05, 0.1) is 11.9 Å². The van der Waals surface area contributed by atoms with Crippen molar-refractivity contribution in [1.82, 2.24) is 15.7 Å². The molecule has 1 aromatic heterocycles. The molecule has 0 spiro atoms. The fraction of sp³-hybridized carbons (Fsp3) is 0.133. The molecule has 0 aliphatic rings. The molecule has 0 saturated carbocycles. The van der Waals surface area contributed by atoms with Crippen LogP contribution in [0.25, 0.3) is 0 Å². The van der Waals surface area contributed by atoms with Crippen LogP contribution in [-0.2, 0) is 6.42 Å². The summed E-state index contributed by atoms with van der Waals surface area (Å²) >= 11 is 5.13. The number of aromatic nitrogens is 1. The third kappa shape index (κ3) is 5.16. The van der Waals surface area contributed by atoms with Crippen LogP contribution >= 0.6 is 12.2 Å². The molecule has 0 saturated heterocycles. The van der Waals surface area contributed by atoms with Gasteiger partial charge in [0.2, 0.25) is 0 Å². The Kier molecular flexibility index (Phi) is 5.67. The van der Waals surface area contributed by atoms with Crippen molar-refractivity contribution in [2.24, 2.45) is 5.10 Å². The predicted molar refractivity (Wildman–Crippen MR) is 85.7 cm³/mol. The molecule has 4 nitrogen and oxygen atoms in total. The van der Waals surface area contributed by atoms with Gasteiger partial charge in [0, 0.05) is 12.7 Å². The van der Waals surface area contributed by atoms with Crippen molar-refractivity contribution in [2.75, 3.05) is 6.54 Å². The molecule has 0 radical (unpaired) electrons. The Hall–Kier alpha value is -2.27. The molecule has 2 aromatic rings. The average molecular weight is 284 g/mol. The predicted octanol–water partition coefficient (Wildman–Crippen LogP) is 2.12. The molecule has 1 heterocycles. The van der Waals surface area contributed by atoms with Crippen LogP contribution in [-0.4, -0.2) is 22.9 Å². The molecule has 20 heavy (non-hydrogen) atoms. The van der Waals surface area contributed by atoms with Crippen molar-refractivity contribution >= 4 is 23.5 Å². The van der Waals surface area contributed by atoms with E-state index in [2.05, 4.69) is 33.0 Å². The number of hydrazone groups is 1. The summed E-state index contributed by atoms with van der Waals surface area (Å²) in [6.07, 6.45) is 4.27. The van der Waals surface area contributed by atoms with Crippen molar-refractivity contribution in [3.63, 3.8) is 0 Å². The van der Waals surface area contributed by atoms with Gasteiger partial charge in [-0.1, -0.05) is 36.4 Å². The number of nitrogens with one attached hydrogen (secondary N) is 2. The first-order chi connectivity index (χ1) is 9.84. The van der Waals surface area contributed by atoms with Gasteiger partial charge in [-0.05, 0) is 36.3 Å². The van der Waals surface area contributed by atoms with Crippen LogP contribution < -0.4 is 10.7 Å². The summed E-state index contributed by atoms with van der Waals surface area (Å²) in [6.45, 7) is 0.773. The third-order valence-electron chi connectivity index (χ3n) is 2.59. The Morgan fingerprint density at radius 1 is 1.15 bits per heavy atom. The summed E-state index contributed by atoms with van der Waals surface area (Å²) in [5.74, 6) is 0. The van der Waals surface area contributed by atoms with Crippen LogP contribution in [0, 0.1) is 0 Å². The number of benzene rings is 1. The van der Waals surface area contributed by atoms with E-state index in [9.17, 15) is 0 Å². The molecule has 0 aliphatic heterocycles. The maximum Gasteiger partial charge on any atom is 0.186 e. The highest BCUT2D eigenvalue weighted by molar-refractivity contribution is 7.80. The molecular weight excluding hydrogens is 268 g/mol. The molecule has 0 atom stereocenters. The fourth-order valence-electron chi connectivity index (χ4n) is 1.61. The van der Waals surface area contributed by atoms with Gasteiger partial charge in [0.25, 0.3) is 0 Å². The molecule has 5 heteroatoms. The van der Waals surface area contributed by atoms with E-state index in [-0.39, 0.29) is 0 Å². The fourth-order valence-corrected chi connectivity index (χ4v) is 1.77. The molecule has 2 rings (SSSR count). The molecule has 0 bridgehead atoms. The van der Waals surface area contributed by atoms with Gasteiger partial charge in [-0.2, -0.15) is 5.10 Å². The summed E-state index contributed by atoms with van der Waals surface area (Å²) < 4.78 is 0. The van der Waals surface area contributed by atoms with Crippen molar-refractivity contribution in [2.45, 2.75) is 6.42 Å². The van der Waals surface area contributed by atoms with Crippen molar-refractivity contribution in [3.05, 3.63) is 66.0 Å². The molecule has 0 amide bonds. The molecule has 0 aliphatic carbocycles. The lowest BCUT2D eigenvalue weighted by Crippen LogP contribution is -2.33. The Labute approximate surface area is 123 Å². The molecule has 102 valence electrons. The van der Waals surface area contributed by atoms with Gasteiger partial charge in [-0.15, -0.1) is 0 Å². The first-order valence-electron chi connectivity index (χ1n) is 6.36. The highest BCUT2D eigenvalue weighted by atomic mass is 32.1. The highest BCUT2D eigenvalue weighted by Crippen LogP contribution is 1.97. The van der Waals surface area contributed by atoms with Gasteiger partial charge in [-0.3, -0.25) is 10.4 Å². The van der Waals surface area contributed by atoms with Crippen molar-refractivity contribution < 1.29 is 0 Å². The minimum atomic E-state index is 0.508. The number of pyridine rings is 1. The van der Waals surface area contributed by atoms with Gasteiger partial charge in [0.15, 0.2) is 5.11 Å². The molecule has 0 unspecified atom stereocenters. The monoisotopic (exact) mass is 284 g/mol. The number of thiocarbonyl (C=S) groups is 1. The summed E-state index contributed by atoms with van der Waals surface area (Å²) in [7, 11) is 0. The van der Waals surface area contributed by atoms with E-state index < -0.39 is 0 Å². The Bertz CT molecular complexity index is 555. The lowest BCUT2D eigenvalue weighted by atomic mass is 10.1. The van der Waals surface area contributed by atoms with E-state index in [1.807, 2.05) is 36.4 Å².